The van der Waals surface area contributed by atoms with E-state index in [0.717, 1.165) is 5.92 Å². The molecule has 0 radical (unpaired) electrons. The van der Waals surface area contributed by atoms with E-state index in [1.807, 2.05) is 0 Å². The van der Waals surface area contributed by atoms with Gasteiger partial charge in [0, 0.05) is 31.7 Å². The first-order valence-electron chi connectivity index (χ1n) is 9.96. The number of piperazine rings is 1. The maximum absolute atomic E-state index is 5.98. The SMILES string of the molecule is CC(C)O[C@H]1CC[C@H](CCCC(C)(C)N2CCN(C)CC2)CC1. The highest BCUT2D eigenvalue weighted by Gasteiger charge is 2.29. The average Bonchev–Trinajstić information content (AvgIpc) is 2.49. The van der Waals surface area contributed by atoms with E-state index in [1.165, 1.54) is 71.1 Å². The monoisotopic (exact) mass is 324 g/mol. The fourth-order valence-electron chi connectivity index (χ4n) is 4.33. The highest BCUT2D eigenvalue weighted by Crippen LogP contribution is 2.32. The first kappa shape index (κ1) is 19.2. The van der Waals surface area contributed by atoms with E-state index in [-0.39, 0.29) is 0 Å². The van der Waals surface area contributed by atoms with Gasteiger partial charge in [-0.05, 0) is 72.8 Å². The molecule has 0 aromatic rings. The number of hydrogen-bond donors (Lipinski definition) is 0. The maximum Gasteiger partial charge on any atom is 0.0578 e. The molecule has 3 heteroatoms. The summed E-state index contributed by atoms with van der Waals surface area (Å²) < 4.78 is 5.98. The fourth-order valence-corrected chi connectivity index (χ4v) is 4.33. The molecule has 0 atom stereocenters. The normalized spacial score (nSPS) is 28.4. The Labute approximate surface area is 144 Å². The summed E-state index contributed by atoms with van der Waals surface area (Å²) in [5.74, 6) is 0.949. The van der Waals surface area contributed by atoms with Crippen LogP contribution in [-0.2, 0) is 4.74 Å². The molecule has 23 heavy (non-hydrogen) atoms. The first-order valence-corrected chi connectivity index (χ1v) is 9.96. The topological polar surface area (TPSA) is 15.7 Å². The van der Waals surface area contributed by atoms with Crippen LogP contribution in [0.2, 0.25) is 0 Å². The molecule has 1 aliphatic heterocycles. The molecule has 1 saturated heterocycles. The molecule has 0 aromatic carbocycles. The molecule has 136 valence electrons. The van der Waals surface area contributed by atoms with Crippen LogP contribution in [0.4, 0.5) is 0 Å². The number of rotatable bonds is 7. The van der Waals surface area contributed by atoms with Crippen molar-refractivity contribution in [1.29, 1.82) is 0 Å². The Morgan fingerprint density at radius 3 is 2.17 bits per heavy atom. The molecule has 2 rings (SSSR count). The Bertz CT molecular complexity index is 327. The molecule has 0 spiro atoms. The minimum absolute atomic E-state index is 0.374. The van der Waals surface area contributed by atoms with Gasteiger partial charge >= 0.3 is 0 Å². The third-order valence-electron chi connectivity index (χ3n) is 6.02. The lowest BCUT2D eigenvalue weighted by Gasteiger charge is -2.43. The lowest BCUT2D eigenvalue weighted by atomic mass is 9.82. The van der Waals surface area contributed by atoms with Crippen molar-refractivity contribution in [2.75, 3.05) is 33.2 Å². The molecule has 0 N–H and O–H groups in total. The predicted molar refractivity (Wildman–Crippen MR) is 99.0 cm³/mol. The molecular formula is C20H40N2O. The lowest BCUT2D eigenvalue weighted by Crippen LogP contribution is -2.53. The van der Waals surface area contributed by atoms with Gasteiger partial charge in [0.15, 0.2) is 0 Å². The molecular weight excluding hydrogens is 284 g/mol. The molecule has 0 bridgehead atoms. The van der Waals surface area contributed by atoms with E-state index in [0.29, 0.717) is 17.7 Å². The van der Waals surface area contributed by atoms with Crippen molar-refractivity contribution in [3.63, 3.8) is 0 Å². The third kappa shape index (κ3) is 6.36. The van der Waals surface area contributed by atoms with Crippen molar-refractivity contribution in [3.05, 3.63) is 0 Å². The summed E-state index contributed by atoms with van der Waals surface area (Å²) in [6, 6.07) is 0. The molecule has 2 fully saturated rings. The summed E-state index contributed by atoms with van der Waals surface area (Å²) >= 11 is 0. The molecule has 0 amide bonds. The van der Waals surface area contributed by atoms with E-state index >= 15 is 0 Å². The van der Waals surface area contributed by atoms with Crippen molar-refractivity contribution in [3.8, 4) is 0 Å². The molecule has 2 aliphatic rings. The van der Waals surface area contributed by atoms with Crippen LogP contribution in [0.3, 0.4) is 0 Å². The van der Waals surface area contributed by atoms with Gasteiger partial charge in [0.25, 0.3) is 0 Å². The second-order valence-electron chi connectivity index (χ2n) is 8.82. The zero-order chi connectivity index (χ0) is 16.9. The summed E-state index contributed by atoms with van der Waals surface area (Å²) in [6.07, 6.45) is 10.4. The first-order chi connectivity index (χ1) is 10.9. The molecule has 1 heterocycles. The van der Waals surface area contributed by atoms with E-state index in [2.05, 4.69) is 44.5 Å². The standard InChI is InChI=1S/C20H40N2O/c1-17(2)23-19-10-8-18(9-11-19)7-6-12-20(3,4)22-15-13-21(5)14-16-22/h17-19H,6-16H2,1-5H3/t18-,19-. The summed E-state index contributed by atoms with van der Waals surface area (Å²) in [7, 11) is 2.24. The van der Waals surface area contributed by atoms with Gasteiger partial charge in [-0.25, -0.2) is 0 Å². The van der Waals surface area contributed by atoms with Crippen molar-refractivity contribution in [2.45, 2.75) is 90.4 Å². The number of nitrogens with zero attached hydrogens (tertiary/aromatic N) is 2. The highest BCUT2D eigenvalue weighted by atomic mass is 16.5. The minimum atomic E-state index is 0.374. The number of hydrogen-bond acceptors (Lipinski definition) is 3. The number of likely N-dealkylation sites (N-methyl/N-ethyl adjacent to an activating group) is 1. The van der Waals surface area contributed by atoms with E-state index in [9.17, 15) is 0 Å². The van der Waals surface area contributed by atoms with Crippen molar-refractivity contribution in [1.82, 2.24) is 9.80 Å². The summed E-state index contributed by atoms with van der Waals surface area (Å²) in [4.78, 5) is 5.16. The van der Waals surface area contributed by atoms with E-state index in [4.69, 9.17) is 4.74 Å². The van der Waals surface area contributed by atoms with Gasteiger partial charge in [-0.1, -0.05) is 12.8 Å². The molecule has 1 aliphatic carbocycles. The second kappa shape index (κ2) is 8.82. The van der Waals surface area contributed by atoms with Crippen LogP contribution in [0, 0.1) is 5.92 Å². The van der Waals surface area contributed by atoms with Gasteiger partial charge in [0.05, 0.1) is 12.2 Å². The molecule has 1 saturated carbocycles. The Morgan fingerprint density at radius 2 is 1.61 bits per heavy atom. The predicted octanol–water partition coefficient (Wildman–Crippen LogP) is 4.17. The second-order valence-corrected chi connectivity index (χ2v) is 8.82. The number of ether oxygens (including phenoxy) is 1. The Morgan fingerprint density at radius 1 is 1.00 bits per heavy atom. The Hall–Kier alpha value is -0.120. The smallest absolute Gasteiger partial charge is 0.0578 e. The third-order valence-corrected chi connectivity index (χ3v) is 6.02. The summed E-state index contributed by atoms with van der Waals surface area (Å²) in [5, 5.41) is 0. The van der Waals surface area contributed by atoms with Crippen LogP contribution in [0.5, 0.6) is 0 Å². The van der Waals surface area contributed by atoms with Crippen LogP contribution in [0.1, 0.15) is 72.6 Å². The Balaban J connectivity index is 1.63. The van der Waals surface area contributed by atoms with Crippen molar-refractivity contribution < 1.29 is 4.74 Å². The lowest BCUT2D eigenvalue weighted by molar-refractivity contribution is -0.0207. The van der Waals surface area contributed by atoms with Crippen LogP contribution >= 0.6 is 0 Å². The zero-order valence-electron chi connectivity index (χ0n) is 16.3. The minimum Gasteiger partial charge on any atom is -0.376 e. The fraction of sp³-hybridized carbons (Fsp3) is 1.00. The van der Waals surface area contributed by atoms with Gasteiger partial charge in [0.1, 0.15) is 0 Å². The van der Waals surface area contributed by atoms with Crippen molar-refractivity contribution >= 4 is 0 Å². The van der Waals surface area contributed by atoms with Gasteiger partial charge in [-0.2, -0.15) is 0 Å². The van der Waals surface area contributed by atoms with Crippen LogP contribution < -0.4 is 0 Å². The summed E-state index contributed by atoms with van der Waals surface area (Å²) in [6.45, 7) is 14.1. The quantitative estimate of drug-likeness (QED) is 0.699. The van der Waals surface area contributed by atoms with Gasteiger partial charge in [-0.3, -0.25) is 4.90 Å². The van der Waals surface area contributed by atoms with Crippen LogP contribution in [0.25, 0.3) is 0 Å². The van der Waals surface area contributed by atoms with Crippen molar-refractivity contribution in [2.24, 2.45) is 5.92 Å². The van der Waals surface area contributed by atoms with Gasteiger partial charge < -0.3 is 9.64 Å². The molecule has 0 aromatic heterocycles. The highest BCUT2D eigenvalue weighted by molar-refractivity contribution is 4.85. The van der Waals surface area contributed by atoms with Gasteiger partial charge in [-0.15, -0.1) is 0 Å². The zero-order valence-corrected chi connectivity index (χ0v) is 16.3. The van der Waals surface area contributed by atoms with Crippen LogP contribution in [-0.4, -0.2) is 60.8 Å². The van der Waals surface area contributed by atoms with Gasteiger partial charge in [0.2, 0.25) is 0 Å². The molecule has 0 unspecified atom stereocenters. The largest absolute Gasteiger partial charge is 0.376 e. The van der Waals surface area contributed by atoms with E-state index < -0.39 is 0 Å². The summed E-state index contributed by atoms with van der Waals surface area (Å²) in [5.41, 5.74) is 0.374. The molecule has 3 nitrogen and oxygen atoms in total. The van der Waals surface area contributed by atoms with E-state index in [1.54, 1.807) is 0 Å². The average molecular weight is 325 g/mol. The Kier molecular flexibility index (Phi) is 7.37. The maximum atomic E-state index is 5.98. The van der Waals surface area contributed by atoms with Crippen LogP contribution in [0.15, 0.2) is 0 Å².